The molecule has 0 bridgehead atoms. The third-order valence-corrected chi connectivity index (χ3v) is 4.42. The van der Waals surface area contributed by atoms with E-state index in [0.717, 1.165) is 35.2 Å². The first-order chi connectivity index (χ1) is 10.4. The average Bonchev–Trinajstić information content (AvgIpc) is 2.85. The van der Waals surface area contributed by atoms with E-state index in [-0.39, 0.29) is 5.69 Å². The van der Waals surface area contributed by atoms with Gasteiger partial charge < -0.3 is 11.1 Å². The fourth-order valence-electron chi connectivity index (χ4n) is 1.45. The molecule has 8 nitrogen and oxygen atoms in total. The number of halogens is 1. The SMILES string of the molecule is C[C@H](Sc1nnc(N)s1)C(=O)Nc1ccc(F)c([N+](=O)[O-])c1. The lowest BCUT2D eigenvalue weighted by Crippen LogP contribution is -2.22. The van der Waals surface area contributed by atoms with Crippen LogP contribution >= 0.6 is 23.1 Å². The second kappa shape index (κ2) is 6.66. The molecule has 2 aromatic rings. The third kappa shape index (κ3) is 3.89. The highest BCUT2D eigenvalue weighted by Gasteiger charge is 2.19. The normalized spacial score (nSPS) is 11.9. The molecular formula is C11H10FN5O3S2. The quantitative estimate of drug-likeness (QED) is 0.485. The number of benzene rings is 1. The van der Waals surface area contributed by atoms with Crippen molar-refractivity contribution in [3.63, 3.8) is 0 Å². The van der Waals surface area contributed by atoms with Crippen molar-refractivity contribution in [2.75, 3.05) is 11.1 Å². The van der Waals surface area contributed by atoms with Crippen molar-refractivity contribution in [3.05, 3.63) is 34.1 Å². The number of hydrogen-bond donors (Lipinski definition) is 2. The average molecular weight is 343 g/mol. The Bertz CT molecular complexity index is 724. The van der Waals surface area contributed by atoms with E-state index in [1.54, 1.807) is 6.92 Å². The minimum Gasteiger partial charge on any atom is -0.374 e. The van der Waals surface area contributed by atoms with Gasteiger partial charge in [-0.15, -0.1) is 10.2 Å². The lowest BCUT2D eigenvalue weighted by Gasteiger charge is -2.10. The topological polar surface area (TPSA) is 124 Å². The number of nitrogens with zero attached hydrogens (tertiary/aromatic N) is 3. The summed E-state index contributed by atoms with van der Waals surface area (Å²) in [5, 5.41) is 20.3. The molecule has 1 aromatic heterocycles. The molecule has 1 atom stereocenters. The van der Waals surface area contributed by atoms with Gasteiger partial charge in [0.25, 0.3) is 0 Å². The van der Waals surface area contributed by atoms with Gasteiger partial charge in [-0.1, -0.05) is 23.1 Å². The molecule has 1 heterocycles. The first-order valence-corrected chi connectivity index (χ1v) is 7.57. The van der Waals surface area contributed by atoms with E-state index in [0.29, 0.717) is 9.47 Å². The van der Waals surface area contributed by atoms with Gasteiger partial charge >= 0.3 is 5.69 Å². The van der Waals surface area contributed by atoms with Crippen LogP contribution in [0.25, 0.3) is 0 Å². The van der Waals surface area contributed by atoms with E-state index >= 15 is 0 Å². The van der Waals surface area contributed by atoms with Crippen LogP contribution in [0.1, 0.15) is 6.92 Å². The maximum Gasteiger partial charge on any atom is 0.306 e. The predicted octanol–water partition coefficient (Wildman–Crippen LogP) is 2.29. The maximum atomic E-state index is 13.2. The smallest absolute Gasteiger partial charge is 0.306 e. The number of nitrogen functional groups attached to an aromatic ring is 1. The maximum absolute atomic E-state index is 13.2. The summed E-state index contributed by atoms with van der Waals surface area (Å²) >= 11 is 2.30. The van der Waals surface area contributed by atoms with Crippen molar-refractivity contribution < 1.29 is 14.1 Å². The number of carbonyl (C=O) groups excluding carboxylic acids is 1. The highest BCUT2D eigenvalue weighted by atomic mass is 32.2. The molecule has 0 saturated carbocycles. The zero-order valence-electron chi connectivity index (χ0n) is 11.1. The van der Waals surface area contributed by atoms with Crippen LogP contribution in [0.5, 0.6) is 0 Å². The van der Waals surface area contributed by atoms with Crippen molar-refractivity contribution in [1.82, 2.24) is 10.2 Å². The minimum atomic E-state index is -0.963. The van der Waals surface area contributed by atoms with Crippen LogP contribution < -0.4 is 11.1 Å². The fourth-order valence-corrected chi connectivity index (χ4v) is 3.23. The molecule has 0 unspecified atom stereocenters. The Labute approximate surface area is 132 Å². The molecular weight excluding hydrogens is 333 g/mol. The van der Waals surface area contributed by atoms with E-state index in [2.05, 4.69) is 15.5 Å². The van der Waals surface area contributed by atoms with Crippen molar-refractivity contribution in [3.8, 4) is 0 Å². The predicted molar refractivity (Wildman–Crippen MR) is 81.3 cm³/mol. The first-order valence-electron chi connectivity index (χ1n) is 5.87. The van der Waals surface area contributed by atoms with Gasteiger partial charge in [0.2, 0.25) is 16.9 Å². The molecule has 11 heteroatoms. The standard InChI is InChI=1S/C11H10FN5O3S2/c1-5(21-11-16-15-10(13)22-11)9(18)14-6-2-3-7(12)8(4-6)17(19)20/h2-5H,1H3,(H2,13,15)(H,14,18)/t5-/m0/s1. The van der Waals surface area contributed by atoms with Crippen LogP contribution in [0.2, 0.25) is 0 Å². The number of nitrogens with one attached hydrogen (secondary N) is 1. The molecule has 3 N–H and O–H groups in total. The molecule has 0 saturated heterocycles. The fraction of sp³-hybridized carbons (Fsp3) is 0.182. The molecule has 2 rings (SSSR count). The summed E-state index contributed by atoms with van der Waals surface area (Å²) in [5.74, 6) is -1.37. The summed E-state index contributed by atoms with van der Waals surface area (Å²) in [5.41, 5.74) is 4.89. The van der Waals surface area contributed by atoms with E-state index in [1.165, 1.54) is 6.07 Å². The molecule has 0 aliphatic rings. The Morgan fingerprint density at radius 1 is 1.55 bits per heavy atom. The lowest BCUT2D eigenvalue weighted by molar-refractivity contribution is -0.387. The van der Waals surface area contributed by atoms with Crippen molar-refractivity contribution >= 4 is 45.5 Å². The van der Waals surface area contributed by atoms with Gasteiger partial charge in [0, 0.05) is 11.8 Å². The third-order valence-electron chi connectivity index (χ3n) is 2.48. The van der Waals surface area contributed by atoms with Gasteiger partial charge in [0.05, 0.1) is 10.2 Å². The Kier molecular flexibility index (Phi) is 4.88. The van der Waals surface area contributed by atoms with Crippen LogP contribution in [0.15, 0.2) is 22.5 Å². The van der Waals surface area contributed by atoms with E-state index in [1.807, 2.05) is 0 Å². The van der Waals surface area contributed by atoms with Gasteiger partial charge in [-0.05, 0) is 19.1 Å². The molecule has 0 fully saturated rings. The summed E-state index contributed by atoms with van der Waals surface area (Å²) in [6.07, 6.45) is 0. The summed E-state index contributed by atoms with van der Waals surface area (Å²) in [6, 6.07) is 3.14. The number of carbonyl (C=O) groups is 1. The number of anilines is 2. The molecule has 1 aromatic carbocycles. The lowest BCUT2D eigenvalue weighted by atomic mass is 10.2. The van der Waals surface area contributed by atoms with Crippen LogP contribution in [-0.2, 0) is 4.79 Å². The van der Waals surface area contributed by atoms with Crippen molar-refractivity contribution in [2.45, 2.75) is 16.5 Å². The number of nitro benzene ring substituents is 1. The van der Waals surface area contributed by atoms with Crippen molar-refractivity contribution in [1.29, 1.82) is 0 Å². The molecule has 116 valence electrons. The molecule has 0 spiro atoms. The summed E-state index contributed by atoms with van der Waals surface area (Å²) in [4.78, 5) is 21.8. The number of amides is 1. The van der Waals surface area contributed by atoms with Gasteiger partial charge in [-0.25, -0.2) is 0 Å². The van der Waals surface area contributed by atoms with Gasteiger partial charge in [0.1, 0.15) is 0 Å². The number of nitrogens with two attached hydrogens (primary N) is 1. The first kappa shape index (κ1) is 16.1. The monoisotopic (exact) mass is 343 g/mol. The van der Waals surface area contributed by atoms with Crippen LogP contribution in [0, 0.1) is 15.9 Å². The number of aromatic nitrogens is 2. The van der Waals surface area contributed by atoms with Gasteiger partial charge in [-0.2, -0.15) is 4.39 Å². The Morgan fingerprint density at radius 3 is 2.86 bits per heavy atom. The molecule has 0 radical (unpaired) electrons. The number of hydrogen-bond acceptors (Lipinski definition) is 8. The summed E-state index contributed by atoms with van der Waals surface area (Å²) in [6.45, 7) is 1.63. The molecule has 0 aliphatic carbocycles. The summed E-state index contributed by atoms with van der Waals surface area (Å²) in [7, 11) is 0. The summed E-state index contributed by atoms with van der Waals surface area (Å²) < 4.78 is 13.8. The van der Waals surface area contributed by atoms with Crippen molar-refractivity contribution in [2.24, 2.45) is 0 Å². The number of nitro groups is 1. The van der Waals surface area contributed by atoms with E-state index < -0.39 is 27.6 Å². The molecule has 1 amide bonds. The number of thioether (sulfide) groups is 1. The Morgan fingerprint density at radius 2 is 2.27 bits per heavy atom. The zero-order valence-corrected chi connectivity index (χ0v) is 12.8. The van der Waals surface area contributed by atoms with Gasteiger partial charge in [0.15, 0.2) is 4.34 Å². The zero-order chi connectivity index (χ0) is 16.3. The van der Waals surface area contributed by atoms with E-state index in [4.69, 9.17) is 5.73 Å². The molecule has 0 aliphatic heterocycles. The minimum absolute atomic E-state index is 0.141. The number of rotatable bonds is 5. The van der Waals surface area contributed by atoms with Crippen LogP contribution in [-0.4, -0.2) is 26.3 Å². The van der Waals surface area contributed by atoms with Gasteiger partial charge in [-0.3, -0.25) is 14.9 Å². The second-order valence-electron chi connectivity index (χ2n) is 4.08. The van der Waals surface area contributed by atoms with E-state index in [9.17, 15) is 19.3 Å². The largest absolute Gasteiger partial charge is 0.374 e. The Balaban J connectivity index is 2.05. The van der Waals surface area contributed by atoms with Crippen LogP contribution in [0.4, 0.5) is 20.9 Å². The highest BCUT2D eigenvalue weighted by molar-refractivity contribution is 8.02. The Hall–Kier alpha value is -2.27. The van der Waals surface area contributed by atoms with Crippen LogP contribution in [0.3, 0.4) is 0 Å². The highest BCUT2D eigenvalue weighted by Crippen LogP contribution is 2.28. The second-order valence-corrected chi connectivity index (χ2v) is 6.68. The molecule has 22 heavy (non-hydrogen) atoms.